The monoisotopic (exact) mass is 204 g/mol. The summed E-state index contributed by atoms with van der Waals surface area (Å²) in [6.07, 6.45) is 0. The van der Waals surface area contributed by atoms with Crippen molar-refractivity contribution in [1.82, 2.24) is 0 Å². The number of esters is 1. The molecule has 0 aliphatic carbocycles. The van der Waals surface area contributed by atoms with Crippen molar-refractivity contribution in [3.8, 4) is 0 Å². The second kappa shape index (κ2) is 3.79. The largest absolute Gasteiger partial charge is 0.465 e. The van der Waals surface area contributed by atoms with Crippen LogP contribution >= 0.6 is 9.24 Å². The molecule has 0 radical (unpaired) electrons. The van der Waals surface area contributed by atoms with Gasteiger partial charge >= 0.3 is 5.97 Å². The fourth-order valence-corrected chi connectivity index (χ4v) is 1.15. The summed E-state index contributed by atoms with van der Waals surface area (Å²) in [6, 6.07) is 1.63. The summed E-state index contributed by atoms with van der Waals surface area (Å²) in [5.74, 6) is -2.35. The molecule has 1 aromatic rings. The molecule has 0 saturated heterocycles. The Morgan fingerprint density at radius 3 is 2.62 bits per heavy atom. The molecule has 1 atom stereocenters. The van der Waals surface area contributed by atoms with Gasteiger partial charge < -0.3 is 4.74 Å². The van der Waals surface area contributed by atoms with Crippen molar-refractivity contribution in [1.29, 1.82) is 0 Å². The molecular formula is C8H7F2O2P. The van der Waals surface area contributed by atoms with E-state index in [-0.39, 0.29) is 10.9 Å². The number of methoxy groups -OCH3 is 1. The lowest BCUT2D eigenvalue weighted by Gasteiger charge is -2.04. The Kier molecular flexibility index (Phi) is 2.94. The van der Waals surface area contributed by atoms with Crippen molar-refractivity contribution in [3.63, 3.8) is 0 Å². The van der Waals surface area contributed by atoms with Gasteiger partial charge in [-0.15, -0.1) is 9.24 Å². The van der Waals surface area contributed by atoms with Crippen LogP contribution in [0.15, 0.2) is 12.1 Å². The van der Waals surface area contributed by atoms with E-state index < -0.39 is 17.6 Å². The Labute approximate surface area is 76.1 Å². The van der Waals surface area contributed by atoms with Gasteiger partial charge in [-0.05, 0) is 6.07 Å². The van der Waals surface area contributed by atoms with Crippen LogP contribution in [0.4, 0.5) is 8.78 Å². The third-order valence-corrected chi connectivity index (χ3v) is 2.09. The molecule has 0 N–H and O–H groups in total. The number of carbonyl (C=O) groups excluding carboxylic acids is 1. The number of hydrogen-bond donors (Lipinski definition) is 0. The molecule has 1 unspecified atom stereocenters. The quantitative estimate of drug-likeness (QED) is 0.508. The molecule has 0 saturated carbocycles. The first-order valence-corrected chi connectivity index (χ1v) is 3.97. The normalized spacial score (nSPS) is 9.85. The van der Waals surface area contributed by atoms with Crippen molar-refractivity contribution in [2.75, 3.05) is 7.11 Å². The van der Waals surface area contributed by atoms with E-state index in [2.05, 4.69) is 4.74 Å². The molecule has 13 heavy (non-hydrogen) atoms. The highest BCUT2D eigenvalue weighted by Crippen LogP contribution is 2.09. The summed E-state index contributed by atoms with van der Waals surface area (Å²) < 4.78 is 29.9. The summed E-state index contributed by atoms with van der Waals surface area (Å²) in [5, 5.41) is 0.00764. The van der Waals surface area contributed by atoms with E-state index in [1.54, 1.807) is 0 Å². The van der Waals surface area contributed by atoms with E-state index in [4.69, 9.17) is 0 Å². The molecule has 0 aliphatic heterocycles. The van der Waals surface area contributed by atoms with Crippen molar-refractivity contribution in [3.05, 3.63) is 29.3 Å². The number of benzene rings is 1. The van der Waals surface area contributed by atoms with E-state index in [1.807, 2.05) is 9.24 Å². The number of hydrogen-bond acceptors (Lipinski definition) is 2. The highest BCUT2D eigenvalue weighted by Gasteiger charge is 2.14. The Bertz CT molecular complexity index is 352. The van der Waals surface area contributed by atoms with Crippen LogP contribution in [0.3, 0.4) is 0 Å². The van der Waals surface area contributed by atoms with Gasteiger partial charge in [-0.2, -0.15) is 0 Å². The second-order valence-corrected chi connectivity index (χ2v) is 2.92. The lowest BCUT2D eigenvalue weighted by Crippen LogP contribution is -2.15. The van der Waals surface area contributed by atoms with Crippen LogP contribution in [-0.2, 0) is 4.74 Å². The van der Waals surface area contributed by atoms with Gasteiger partial charge in [0.15, 0.2) is 0 Å². The molecule has 0 heterocycles. The van der Waals surface area contributed by atoms with E-state index in [9.17, 15) is 13.6 Å². The van der Waals surface area contributed by atoms with Crippen LogP contribution in [0, 0.1) is 11.6 Å². The SMILES string of the molecule is COC(=O)c1cc(F)cc(F)c1P. The zero-order chi connectivity index (χ0) is 10.0. The van der Waals surface area contributed by atoms with Crippen LogP contribution in [-0.4, -0.2) is 13.1 Å². The molecule has 0 amide bonds. The predicted octanol–water partition coefficient (Wildman–Crippen LogP) is 1.25. The molecular weight excluding hydrogens is 197 g/mol. The lowest BCUT2D eigenvalue weighted by atomic mass is 10.2. The fourth-order valence-electron chi connectivity index (χ4n) is 0.864. The highest BCUT2D eigenvalue weighted by molar-refractivity contribution is 7.27. The summed E-state index contributed by atoms with van der Waals surface area (Å²) in [5.41, 5.74) is -0.120. The molecule has 0 bridgehead atoms. The van der Waals surface area contributed by atoms with Gasteiger partial charge in [0.2, 0.25) is 0 Å². The minimum absolute atomic E-state index is 0.00764. The molecule has 0 aromatic heterocycles. The zero-order valence-corrected chi connectivity index (χ0v) is 7.96. The average molecular weight is 204 g/mol. The third kappa shape index (κ3) is 2.01. The van der Waals surface area contributed by atoms with E-state index >= 15 is 0 Å². The number of rotatable bonds is 1. The van der Waals surface area contributed by atoms with Crippen LogP contribution in [0.25, 0.3) is 0 Å². The minimum Gasteiger partial charge on any atom is -0.465 e. The molecule has 5 heteroatoms. The first-order chi connectivity index (χ1) is 6.06. The van der Waals surface area contributed by atoms with Crippen molar-refractivity contribution in [2.24, 2.45) is 0 Å². The van der Waals surface area contributed by atoms with Gasteiger partial charge in [-0.3, -0.25) is 0 Å². The molecule has 1 rings (SSSR count). The number of halogens is 2. The lowest BCUT2D eigenvalue weighted by molar-refractivity contribution is 0.0601. The smallest absolute Gasteiger partial charge is 0.338 e. The Hall–Kier alpha value is -1.02. The standard InChI is InChI=1S/C8H7F2O2P/c1-12-8(11)5-2-4(9)3-6(10)7(5)13/h2-3H,13H2,1H3. The summed E-state index contributed by atoms with van der Waals surface area (Å²) >= 11 is 0. The molecule has 0 spiro atoms. The van der Waals surface area contributed by atoms with Crippen LogP contribution in [0.1, 0.15) is 10.4 Å². The first-order valence-electron chi connectivity index (χ1n) is 3.39. The third-order valence-electron chi connectivity index (χ3n) is 1.50. The van der Waals surface area contributed by atoms with E-state index in [0.717, 1.165) is 13.2 Å². The summed E-state index contributed by atoms with van der Waals surface area (Å²) in [6.45, 7) is 0. The van der Waals surface area contributed by atoms with Crippen LogP contribution in [0.2, 0.25) is 0 Å². The molecule has 1 aromatic carbocycles. The van der Waals surface area contributed by atoms with Crippen molar-refractivity contribution >= 4 is 20.5 Å². The Morgan fingerprint density at radius 1 is 1.46 bits per heavy atom. The molecule has 70 valence electrons. The van der Waals surface area contributed by atoms with Gasteiger partial charge in [-0.1, -0.05) is 0 Å². The van der Waals surface area contributed by atoms with Crippen LogP contribution in [0.5, 0.6) is 0 Å². The van der Waals surface area contributed by atoms with Crippen molar-refractivity contribution < 1.29 is 18.3 Å². The summed E-state index contributed by atoms with van der Waals surface area (Å²) in [7, 11) is 3.17. The maximum atomic E-state index is 12.9. The number of ether oxygens (including phenoxy) is 1. The second-order valence-electron chi connectivity index (χ2n) is 2.34. The Morgan fingerprint density at radius 2 is 2.08 bits per heavy atom. The van der Waals surface area contributed by atoms with Gasteiger partial charge in [0.1, 0.15) is 11.6 Å². The van der Waals surface area contributed by atoms with Gasteiger partial charge in [0.05, 0.1) is 12.7 Å². The van der Waals surface area contributed by atoms with Crippen molar-refractivity contribution in [2.45, 2.75) is 0 Å². The minimum atomic E-state index is -0.802. The van der Waals surface area contributed by atoms with E-state index in [0.29, 0.717) is 6.07 Å². The molecule has 0 aliphatic rings. The maximum absolute atomic E-state index is 12.9. The zero-order valence-electron chi connectivity index (χ0n) is 6.80. The van der Waals surface area contributed by atoms with E-state index in [1.165, 1.54) is 0 Å². The van der Waals surface area contributed by atoms with Gasteiger partial charge in [0, 0.05) is 11.4 Å². The topological polar surface area (TPSA) is 26.3 Å². The number of carbonyl (C=O) groups is 1. The Balaban J connectivity index is 3.28. The van der Waals surface area contributed by atoms with Gasteiger partial charge in [-0.25, -0.2) is 13.6 Å². The maximum Gasteiger partial charge on any atom is 0.338 e. The predicted molar refractivity (Wildman–Crippen MR) is 47.0 cm³/mol. The average Bonchev–Trinajstić information content (AvgIpc) is 2.10. The molecule has 2 nitrogen and oxygen atoms in total. The first kappa shape index (κ1) is 10.1. The fraction of sp³-hybridized carbons (Fsp3) is 0.125. The molecule has 0 fully saturated rings. The van der Waals surface area contributed by atoms with Gasteiger partial charge in [0.25, 0.3) is 0 Å². The summed E-state index contributed by atoms with van der Waals surface area (Å²) in [4.78, 5) is 11.0. The van der Waals surface area contributed by atoms with Crippen LogP contribution < -0.4 is 5.30 Å². The highest BCUT2D eigenvalue weighted by atomic mass is 31.0.